The molecule has 0 spiro atoms. The lowest BCUT2D eigenvalue weighted by atomic mass is 9.93. The molecule has 3 unspecified atom stereocenters. The van der Waals surface area contributed by atoms with Gasteiger partial charge in [-0.1, -0.05) is 121 Å². The molecule has 47 heavy (non-hydrogen) atoms. The lowest BCUT2D eigenvalue weighted by molar-refractivity contribution is -0.169. The minimum absolute atomic E-state index is 0.0662. The number of nitrogens with zero attached hydrogens (tertiary/aromatic N) is 2. The van der Waals surface area contributed by atoms with Crippen LogP contribution in [0.1, 0.15) is 47.6 Å². The number of rotatable bonds is 6. The fourth-order valence-corrected chi connectivity index (χ4v) is 7.11. The molecule has 1 aliphatic carbocycles. The van der Waals surface area contributed by atoms with E-state index in [1.54, 1.807) is 0 Å². The highest BCUT2D eigenvalue weighted by Gasteiger charge is 2.34. The number of hydrogen-bond donors (Lipinski definition) is 2. The Morgan fingerprint density at radius 3 is 2.21 bits per heavy atom. The van der Waals surface area contributed by atoms with Gasteiger partial charge in [0.2, 0.25) is 0 Å². The molecule has 1 saturated heterocycles. The van der Waals surface area contributed by atoms with E-state index in [9.17, 15) is 0 Å². The number of nitrogens with one attached hydrogen (secondary N) is 2. The van der Waals surface area contributed by atoms with Crippen LogP contribution in [0.5, 0.6) is 0 Å². The lowest BCUT2D eigenvalue weighted by Gasteiger charge is -2.39. The average Bonchev–Trinajstić information content (AvgIpc) is 3.46. The lowest BCUT2D eigenvalue weighted by Crippen LogP contribution is -2.42. The summed E-state index contributed by atoms with van der Waals surface area (Å²) in [6, 6.07) is 44.8. The number of ether oxygens (including phenoxy) is 1. The van der Waals surface area contributed by atoms with Crippen molar-refractivity contribution in [1.29, 1.82) is 0 Å². The van der Waals surface area contributed by atoms with E-state index in [0.29, 0.717) is 0 Å². The minimum Gasteiger partial charge on any atom is -0.340 e. The van der Waals surface area contributed by atoms with Gasteiger partial charge in [-0.25, -0.2) is 0 Å². The second-order valence-electron chi connectivity index (χ2n) is 12.3. The molecule has 0 amide bonds. The molecule has 0 bridgehead atoms. The van der Waals surface area contributed by atoms with Gasteiger partial charge in [-0.3, -0.25) is 10.3 Å². The Morgan fingerprint density at radius 2 is 1.45 bits per heavy atom. The van der Waals surface area contributed by atoms with Crippen molar-refractivity contribution in [3.05, 3.63) is 180 Å². The zero-order chi connectivity index (χ0) is 31.2. The van der Waals surface area contributed by atoms with Crippen LogP contribution in [0.3, 0.4) is 0 Å². The molecule has 228 valence electrons. The van der Waals surface area contributed by atoms with Gasteiger partial charge in [0.05, 0.1) is 17.1 Å². The van der Waals surface area contributed by atoms with Crippen molar-refractivity contribution in [3.8, 4) is 5.69 Å². The topological polar surface area (TPSA) is 50.6 Å². The fraction of sp³-hybridized carbons (Fsp3) is 0.119. The van der Waals surface area contributed by atoms with E-state index in [-0.39, 0.29) is 18.5 Å². The standard InChI is InChI=1S/C42H34N4O/c1-3-14-28(15-4-1)36-27-37(32-20-7-8-23-35(32)42-45-41(47-42)29-16-5-2-6-17-29)44-40(43-36)30-18-13-19-31(26-30)46-38-24-11-9-21-33(38)34-22-10-12-25-39(34)46/h1-3,5-14,16-27,36,41-42,45H,4,15H2,(H,43,44). The number of allylic oxidation sites excluding steroid dienone is 3. The molecular weight excluding hydrogens is 576 g/mol. The summed E-state index contributed by atoms with van der Waals surface area (Å²) in [7, 11) is 0. The summed E-state index contributed by atoms with van der Waals surface area (Å²) in [6.45, 7) is 0. The Bertz CT molecular complexity index is 2200. The highest BCUT2D eigenvalue weighted by atomic mass is 16.6. The zero-order valence-electron chi connectivity index (χ0n) is 25.9. The molecule has 6 aromatic rings. The van der Waals surface area contributed by atoms with Crippen LogP contribution in [0.2, 0.25) is 0 Å². The molecule has 5 heteroatoms. The molecule has 3 atom stereocenters. The predicted octanol–water partition coefficient (Wildman–Crippen LogP) is 9.14. The SMILES string of the molecule is C1=CCCC(C2C=C(c3ccccc3C3NC(c4ccccc4)O3)NC(c3cccc(-n4c5ccccc5c5ccccc54)c3)=N2)=C1. The third-order valence-electron chi connectivity index (χ3n) is 9.44. The van der Waals surface area contributed by atoms with E-state index in [4.69, 9.17) is 9.73 Å². The highest BCUT2D eigenvalue weighted by Crippen LogP contribution is 2.38. The molecule has 5 nitrogen and oxygen atoms in total. The molecule has 2 aliphatic heterocycles. The van der Waals surface area contributed by atoms with Crippen molar-refractivity contribution < 1.29 is 4.74 Å². The quantitative estimate of drug-likeness (QED) is 0.198. The normalized spacial score (nSPS) is 20.7. The van der Waals surface area contributed by atoms with E-state index < -0.39 is 0 Å². The molecule has 2 N–H and O–H groups in total. The molecule has 1 aromatic heterocycles. The highest BCUT2D eigenvalue weighted by molar-refractivity contribution is 6.10. The minimum atomic E-state index is -0.199. The smallest absolute Gasteiger partial charge is 0.139 e. The van der Waals surface area contributed by atoms with Crippen LogP contribution in [-0.2, 0) is 4.74 Å². The number of para-hydroxylation sites is 2. The van der Waals surface area contributed by atoms with E-state index in [0.717, 1.165) is 52.3 Å². The third-order valence-corrected chi connectivity index (χ3v) is 9.44. The summed E-state index contributed by atoms with van der Waals surface area (Å²) in [5.41, 5.74) is 10.3. The van der Waals surface area contributed by atoms with Gasteiger partial charge in [-0.15, -0.1) is 0 Å². The van der Waals surface area contributed by atoms with Crippen molar-refractivity contribution in [2.24, 2.45) is 4.99 Å². The maximum absolute atomic E-state index is 6.41. The average molecular weight is 611 g/mol. The van der Waals surface area contributed by atoms with Crippen molar-refractivity contribution in [2.45, 2.75) is 31.3 Å². The molecule has 3 heterocycles. The summed E-state index contributed by atoms with van der Waals surface area (Å²) >= 11 is 0. The molecular formula is C42H34N4O. The second kappa shape index (κ2) is 11.7. The first kappa shape index (κ1) is 27.8. The van der Waals surface area contributed by atoms with Crippen LogP contribution >= 0.6 is 0 Å². The Hall–Kier alpha value is -5.49. The summed E-state index contributed by atoms with van der Waals surface area (Å²) < 4.78 is 8.76. The van der Waals surface area contributed by atoms with Crippen molar-refractivity contribution in [2.75, 3.05) is 0 Å². The summed E-state index contributed by atoms with van der Waals surface area (Å²) in [4.78, 5) is 5.33. The molecule has 9 rings (SSSR count). The Labute approximate surface area is 274 Å². The maximum atomic E-state index is 6.41. The summed E-state index contributed by atoms with van der Waals surface area (Å²) in [6.07, 6.45) is 10.6. The second-order valence-corrected chi connectivity index (χ2v) is 12.3. The summed E-state index contributed by atoms with van der Waals surface area (Å²) in [5, 5.41) is 9.90. The van der Waals surface area contributed by atoms with Gasteiger partial charge in [-0.05, 0) is 54.3 Å². The van der Waals surface area contributed by atoms with Crippen LogP contribution < -0.4 is 10.6 Å². The molecule has 3 aliphatic rings. The van der Waals surface area contributed by atoms with Gasteiger partial charge in [-0.2, -0.15) is 0 Å². The van der Waals surface area contributed by atoms with Gasteiger partial charge >= 0.3 is 0 Å². The van der Waals surface area contributed by atoms with E-state index in [1.807, 2.05) is 18.2 Å². The van der Waals surface area contributed by atoms with Gasteiger partial charge in [0, 0.05) is 38.8 Å². The van der Waals surface area contributed by atoms with E-state index in [1.165, 1.54) is 27.4 Å². The summed E-state index contributed by atoms with van der Waals surface area (Å²) in [5.74, 6) is 0.866. The van der Waals surface area contributed by atoms with Crippen molar-refractivity contribution >= 4 is 33.3 Å². The first-order valence-electron chi connectivity index (χ1n) is 16.4. The van der Waals surface area contributed by atoms with Crippen molar-refractivity contribution in [1.82, 2.24) is 15.2 Å². The molecule has 5 aromatic carbocycles. The number of amidine groups is 1. The van der Waals surface area contributed by atoms with Gasteiger partial charge in [0.15, 0.2) is 0 Å². The first-order valence-corrected chi connectivity index (χ1v) is 16.4. The van der Waals surface area contributed by atoms with Crippen LogP contribution in [0, 0.1) is 0 Å². The number of hydrogen-bond acceptors (Lipinski definition) is 4. The van der Waals surface area contributed by atoms with Gasteiger partial charge < -0.3 is 14.6 Å². The van der Waals surface area contributed by atoms with Crippen molar-refractivity contribution in [3.63, 3.8) is 0 Å². The number of benzene rings is 5. The van der Waals surface area contributed by atoms with E-state index in [2.05, 4.69) is 149 Å². The Balaban J connectivity index is 1.10. The fourth-order valence-electron chi connectivity index (χ4n) is 7.11. The zero-order valence-corrected chi connectivity index (χ0v) is 25.9. The van der Waals surface area contributed by atoms with E-state index >= 15 is 0 Å². The number of aromatic nitrogens is 1. The van der Waals surface area contributed by atoms with Crippen LogP contribution in [-0.4, -0.2) is 16.4 Å². The van der Waals surface area contributed by atoms with Gasteiger partial charge in [0.1, 0.15) is 18.3 Å². The first-order chi connectivity index (χ1) is 23.3. The van der Waals surface area contributed by atoms with Crippen LogP contribution in [0.4, 0.5) is 0 Å². The van der Waals surface area contributed by atoms with Crippen LogP contribution in [0.15, 0.2) is 162 Å². The molecule has 0 saturated carbocycles. The largest absolute Gasteiger partial charge is 0.340 e. The molecule has 1 fully saturated rings. The monoisotopic (exact) mass is 610 g/mol. The third kappa shape index (κ3) is 5.01. The Kier molecular flexibility index (Phi) is 6.92. The maximum Gasteiger partial charge on any atom is 0.139 e. The molecule has 0 radical (unpaired) electrons. The number of fused-ring (bicyclic) bond motifs is 3. The predicted molar refractivity (Wildman–Crippen MR) is 191 cm³/mol. The van der Waals surface area contributed by atoms with Gasteiger partial charge in [0.25, 0.3) is 0 Å². The number of aliphatic imine (C=N–C) groups is 1. The Morgan fingerprint density at radius 1 is 0.723 bits per heavy atom. The van der Waals surface area contributed by atoms with Crippen LogP contribution in [0.25, 0.3) is 33.2 Å².